The average Bonchev–Trinajstić information content (AvgIpc) is 2.36. The summed E-state index contributed by atoms with van der Waals surface area (Å²) in [6, 6.07) is 8.05. The molecule has 0 aromatic heterocycles. The van der Waals surface area contributed by atoms with E-state index in [1.807, 2.05) is 7.05 Å². The summed E-state index contributed by atoms with van der Waals surface area (Å²) in [5, 5.41) is 0. The zero-order valence-electron chi connectivity index (χ0n) is 12.5. The summed E-state index contributed by atoms with van der Waals surface area (Å²) in [7, 11) is 1.83. The Labute approximate surface area is 116 Å². The number of aryl methyl sites for hydroxylation is 1. The third kappa shape index (κ3) is 5.43. The van der Waals surface area contributed by atoms with Gasteiger partial charge in [0.2, 0.25) is 5.91 Å². The first-order valence-corrected chi connectivity index (χ1v) is 6.96. The van der Waals surface area contributed by atoms with Crippen molar-refractivity contribution in [3.8, 4) is 0 Å². The van der Waals surface area contributed by atoms with Gasteiger partial charge >= 0.3 is 0 Å². The third-order valence-corrected chi connectivity index (χ3v) is 3.28. The van der Waals surface area contributed by atoms with Gasteiger partial charge in [0.05, 0.1) is 6.04 Å². The maximum Gasteiger partial charge on any atom is 0.239 e. The molecule has 0 aliphatic heterocycles. The third-order valence-electron chi connectivity index (χ3n) is 3.28. The molecule has 1 aromatic carbocycles. The van der Waals surface area contributed by atoms with Crippen LogP contribution < -0.4 is 5.73 Å². The summed E-state index contributed by atoms with van der Waals surface area (Å²) in [5.74, 6) is 0.491. The van der Waals surface area contributed by atoms with Crippen LogP contribution in [-0.4, -0.2) is 30.4 Å². The summed E-state index contributed by atoms with van der Waals surface area (Å²) >= 11 is 0. The van der Waals surface area contributed by atoms with Gasteiger partial charge in [-0.15, -0.1) is 0 Å². The number of hydrogen-bond donors (Lipinski definition) is 1. The quantitative estimate of drug-likeness (QED) is 0.855. The minimum absolute atomic E-state index is 0.0424. The first-order valence-electron chi connectivity index (χ1n) is 6.96. The predicted octanol–water partition coefficient (Wildman–Crippen LogP) is 2.37. The minimum atomic E-state index is -0.372. The maximum absolute atomic E-state index is 12.1. The molecular weight excluding hydrogens is 236 g/mol. The second-order valence-corrected chi connectivity index (χ2v) is 5.73. The molecule has 0 aliphatic rings. The summed E-state index contributed by atoms with van der Waals surface area (Å²) < 4.78 is 0. The highest BCUT2D eigenvalue weighted by Gasteiger charge is 2.18. The second-order valence-electron chi connectivity index (χ2n) is 5.73. The Morgan fingerprint density at radius 2 is 1.84 bits per heavy atom. The molecular formula is C16H26N2O. The van der Waals surface area contributed by atoms with Crippen molar-refractivity contribution < 1.29 is 4.79 Å². The first-order chi connectivity index (χ1) is 8.90. The van der Waals surface area contributed by atoms with Crippen LogP contribution in [0.4, 0.5) is 0 Å². The number of benzene rings is 1. The normalized spacial score (nSPS) is 12.5. The van der Waals surface area contributed by atoms with Gasteiger partial charge in [-0.1, -0.05) is 43.7 Å². The predicted molar refractivity (Wildman–Crippen MR) is 80.0 cm³/mol. The Morgan fingerprint density at radius 3 is 2.37 bits per heavy atom. The van der Waals surface area contributed by atoms with E-state index in [-0.39, 0.29) is 11.9 Å². The van der Waals surface area contributed by atoms with Crippen molar-refractivity contribution in [2.45, 2.75) is 39.7 Å². The lowest BCUT2D eigenvalue weighted by Gasteiger charge is -2.22. The number of rotatable bonds is 6. The Morgan fingerprint density at radius 1 is 1.26 bits per heavy atom. The largest absolute Gasteiger partial charge is 0.344 e. The molecule has 0 fully saturated rings. The Bertz CT molecular complexity index is 398. The van der Waals surface area contributed by atoms with Crippen LogP contribution in [0.5, 0.6) is 0 Å². The van der Waals surface area contributed by atoms with E-state index in [0.717, 1.165) is 12.8 Å². The molecule has 19 heavy (non-hydrogen) atoms. The van der Waals surface area contributed by atoms with Gasteiger partial charge in [-0.2, -0.15) is 0 Å². The molecule has 1 rings (SSSR count). The Kier molecular flexibility index (Phi) is 6.03. The molecule has 0 bridgehead atoms. The van der Waals surface area contributed by atoms with E-state index < -0.39 is 0 Å². The number of likely N-dealkylation sites (N-methyl/N-ethyl adjacent to an activating group) is 1. The lowest BCUT2D eigenvalue weighted by molar-refractivity contribution is -0.131. The lowest BCUT2D eigenvalue weighted by Crippen LogP contribution is -2.43. The molecule has 0 radical (unpaired) electrons. The van der Waals surface area contributed by atoms with Crippen molar-refractivity contribution in [1.82, 2.24) is 4.90 Å². The molecule has 1 unspecified atom stereocenters. The fourth-order valence-electron chi connectivity index (χ4n) is 2.05. The van der Waals surface area contributed by atoms with Crippen molar-refractivity contribution in [2.75, 3.05) is 13.6 Å². The SMILES string of the molecule is Cc1ccc(CCN(C)C(=O)C(N)CC(C)C)cc1. The van der Waals surface area contributed by atoms with Crippen molar-refractivity contribution in [2.24, 2.45) is 11.7 Å². The fraction of sp³-hybridized carbons (Fsp3) is 0.562. The van der Waals surface area contributed by atoms with Crippen LogP contribution in [0, 0.1) is 12.8 Å². The molecule has 3 heteroatoms. The molecule has 0 saturated carbocycles. The van der Waals surface area contributed by atoms with Gasteiger partial charge in [0.15, 0.2) is 0 Å². The monoisotopic (exact) mass is 262 g/mol. The van der Waals surface area contributed by atoms with Gasteiger partial charge in [0.25, 0.3) is 0 Å². The Hall–Kier alpha value is -1.35. The lowest BCUT2D eigenvalue weighted by atomic mass is 10.0. The fourth-order valence-corrected chi connectivity index (χ4v) is 2.05. The second kappa shape index (κ2) is 7.29. The van der Waals surface area contributed by atoms with E-state index >= 15 is 0 Å². The van der Waals surface area contributed by atoms with Gasteiger partial charge in [-0.05, 0) is 31.2 Å². The van der Waals surface area contributed by atoms with Crippen molar-refractivity contribution >= 4 is 5.91 Å². The maximum atomic E-state index is 12.1. The number of nitrogens with zero attached hydrogens (tertiary/aromatic N) is 1. The van der Waals surface area contributed by atoms with Gasteiger partial charge in [-0.25, -0.2) is 0 Å². The molecule has 2 N–H and O–H groups in total. The zero-order valence-corrected chi connectivity index (χ0v) is 12.5. The molecule has 0 aliphatic carbocycles. The molecule has 1 amide bonds. The molecule has 1 aromatic rings. The summed E-state index contributed by atoms with van der Waals surface area (Å²) in [6.45, 7) is 6.96. The van der Waals surface area contributed by atoms with Crippen molar-refractivity contribution in [1.29, 1.82) is 0 Å². The number of carbonyl (C=O) groups is 1. The van der Waals surface area contributed by atoms with Crippen LogP contribution in [-0.2, 0) is 11.2 Å². The zero-order chi connectivity index (χ0) is 14.4. The van der Waals surface area contributed by atoms with Crippen LogP contribution in [0.2, 0.25) is 0 Å². The van der Waals surface area contributed by atoms with Gasteiger partial charge in [0.1, 0.15) is 0 Å². The van der Waals surface area contributed by atoms with Crippen LogP contribution in [0.15, 0.2) is 24.3 Å². The molecule has 106 valence electrons. The van der Waals surface area contributed by atoms with E-state index in [9.17, 15) is 4.79 Å². The first kappa shape index (κ1) is 15.7. The topological polar surface area (TPSA) is 46.3 Å². The highest BCUT2D eigenvalue weighted by molar-refractivity contribution is 5.81. The van der Waals surface area contributed by atoms with Crippen molar-refractivity contribution in [3.05, 3.63) is 35.4 Å². The number of carbonyl (C=O) groups excluding carboxylic acids is 1. The van der Waals surface area contributed by atoms with E-state index in [4.69, 9.17) is 5.73 Å². The van der Waals surface area contributed by atoms with E-state index in [1.165, 1.54) is 11.1 Å². The van der Waals surface area contributed by atoms with E-state index in [2.05, 4.69) is 45.0 Å². The van der Waals surface area contributed by atoms with E-state index in [1.54, 1.807) is 4.90 Å². The van der Waals surface area contributed by atoms with Crippen LogP contribution >= 0.6 is 0 Å². The van der Waals surface area contributed by atoms with Gasteiger partial charge in [0, 0.05) is 13.6 Å². The number of hydrogen-bond acceptors (Lipinski definition) is 2. The highest BCUT2D eigenvalue weighted by atomic mass is 16.2. The minimum Gasteiger partial charge on any atom is -0.344 e. The van der Waals surface area contributed by atoms with Gasteiger partial charge < -0.3 is 10.6 Å². The summed E-state index contributed by atoms with van der Waals surface area (Å²) in [6.07, 6.45) is 1.62. The molecule has 3 nitrogen and oxygen atoms in total. The standard InChI is InChI=1S/C16H26N2O/c1-12(2)11-15(17)16(19)18(4)10-9-14-7-5-13(3)6-8-14/h5-8,12,15H,9-11,17H2,1-4H3. The number of amides is 1. The average molecular weight is 262 g/mol. The molecule has 1 atom stereocenters. The Balaban J connectivity index is 2.44. The van der Waals surface area contributed by atoms with Crippen LogP contribution in [0.1, 0.15) is 31.4 Å². The smallest absolute Gasteiger partial charge is 0.239 e. The van der Waals surface area contributed by atoms with E-state index in [0.29, 0.717) is 12.5 Å². The summed E-state index contributed by atoms with van der Waals surface area (Å²) in [5.41, 5.74) is 8.43. The molecule has 0 heterocycles. The van der Waals surface area contributed by atoms with Gasteiger partial charge in [-0.3, -0.25) is 4.79 Å². The van der Waals surface area contributed by atoms with Crippen molar-refractivity contribution in [3.63, 3.8) is 0 Å². The van der Waals surface area contributed by atoms with Crippen LogP contribution in [0.25, 0.3) is 0 Å². The molecule has 0 saturated heterocycles. The number of nitrogens with two attached hydrogens (primary N) is 1. The summed E-state index contributed by atoms with van der Waals surface area (Å²) in [4.78, 5) is 13.8. The van der Waals surface area contributed by atoms with Crippen LogP contribution in [0.3, 0.4) is 0 Å². The molecule has 0 spiro atoms. The highest BCUT2D eigenvalue weighted by Crippen LogP contribution is 2.07.